The molecule has 33 heavy (non-hydrogen) atoms. The number of pyridine rings is 1. The third kappa shape index (κ3) is 5.71. The Balaban J connectivity index is 2.00. The molecule has 1 amide bonds. The number of nitrogens with one attached hydrogen (secondary N) is 1. The van der Waals surface area contributed by atoms with Gasteiger partial charge in [-0.3, -0.25) is 13.9 Å². The minimum atomic E-state index is -0.125. The molecule has 2 aromatic heterocycles. The van der Waals surface area contributed by atoms with E-state index in [2.05, 4.69) is 47.5 Å². The first-order valence-electron chi connectivity index (χ1n) is 11.5. The van der Waals surface area contributed by atoms with Gasteiger partial charge < -0.3 is 14.5 Å². The van der Waals surface area contributed by atoms with Gasteiger partial charge in [0.25, 0.3) is 11.5 Å². The Morgan fingerprint density at radius 3 is 2.52 bits per heavy atom. The van der Waals surface area contributed by atoms with Crippen molar-refractivity contribution in [2.24, 2.45) is 0 Å². The third-order valence-electron chi connectivity index (χ3n) is 5.85. The summed E-state index contributed by atoms with van der Waals surface area (Å²) in [5.41, 5.74) is 5.08. The van der Waals surface area contributed by atoms with Crippen LogP contribution in [0.2, 0.25) is 0 Å². The van der Waals surface area contributed by atoms with Crippen LogP contribution in [0.4, 0.5) is 0 Å². The predicted octanol–water partition coefficient (Wildman–Crippen LogP) is 5.08. The van der Waals surface area contributed by atoms with Crippen molar-refractivity contribution in [3.63, 3.8) is 0 Å². The van der Waals surface area contributed by atoms with Crippen LogP contribution >= 0.6 is 11.9 Å². The molecule has 0 aliphatic rings. The van der Waals surface area contributed by atoms with E-state index in [4.69, 9.17) is 0 Å². The molecule has 0 atom stereocenters. The summed E-state index contributed by atoms with van der Waals surface area (Å²) in [6.07, 6.45) is 3.08. The van der Waals surface area contributed by atoms with Crippen LogP contribution in [-0.4, -0.2) is 51.1 Å². The van der Waals surface area contributed by atoms with Crippen LogP contribution in [0.3, 0.4) is 0 Å². The first kappa shape index (κ1) is 25.1. The molecule has 0 aliphatic heterocycles. The number of amides is 1. The molecule has 0 saturated carbocycles. The Bertz CT molecular complexity index is 1190. The van der Waals surface area contributed by atoms with Crippen molar-refractivity contribution in [2.45, 2.75) is 53.6 Å². The molecule has 6 nitrogen and oxygen atoms in total. The largest absolute Gasteiger partial charge is 0.345 e. The summed E-state index contributed by atoms with van der Waals surface area (Å²) in [4.78, 5) is 31.6. The lowest BCUT2D eigenvalue weighted by Gasteiger charge is -2.23. The molecule has 3 rings (SSSR count). The zero-order chi connectivity index (χ0) is 24.3. The minimum Gasteiger partial charge on any atom is -0.345 e. The summed E-state index contributed by atoms with van der Waals surface area (Å²) < 4.78 is 3.98. The number of carbonyl (C=O) groups excluding carboxylic acids is 1. The molecule has 3 aromatic rings. The van der Waals surface area contributed by atoms with Crippen LogP contribution in [0.1, 0.15) is 59.1 Å². The molecular weight excluding hydrogens is 432 g/mol. The van der Waals surface area contributed by atoms with Crippen molar-refractivity contribution in [1.82, 2.24) is 18.8 Å². The van der Waals surface area contributed by atoms with E-state index in [-0.39, 0.29) is 18.0 Å². The van der Waals surface area contributed by atoms with Gasteiger partial charge in [0.1, 0.15) is 0 Å². The highest BCUT2D eigenvalue weighted by Crippen LogP contribution is 2.30. The molecule has 178 valence electrons. The minimum absolute atomic E-state index is 0.0561. The fourth-order valence-corrected chi connectivity index (χ4v) is 5.12. The van der Waals surface area contributed by atoms with E-state index in [1.54, 1.807) is 4.31 Å². The van der Waals surface area contributed by atoms with Crippen molar-refractivity contribution in [1.29, 1.82) is 0 Å². The second kappa shape index (κ2) is 10.6. The van der Waals surface area contributed by atoms with Crippen molar-refractivity contribution >= 4 is 28.8 Å². The highest BCUT2D eigenvalue weighted by molar-refractivity contribution is 7.97. The monoisotopic (exact) mass is 468 g/mol. The fraction of sp³-hybridized carbons (Fsp3) is 0.462. The number of benzene rings is 1. The number of aromatic amines is 1. The van der Waals surface area contributed by atoms with E-state index in [9.17, 15) is 9.59 Å². The number of hydrogen-bond acceptors (Lipinski definition) is 4. The molecule has 1 aromatic carbocycles. The highest BCUT2D eigenvalue weighted by Gasteiger charge is 2.23. The van der Waals surface area contributed by atoms with E-state index in [0.717, 1.165) is 46.4 Å². The Kier molecular flexibility index (Phi) is 8.08. The lowest BCUT2D eigenvalue weighted by atomic mass is 10.1. The number of nitrogens with zero attached hydrogens (tertiary/aromatic N) is 3. The molecule has 0 radical (unpaired) electrons. The number of hydrogen-bond donors (Lipinski definition) is 1. The van der Waals surface area contributed by atoms with E-state index >= 15 is 0 Å². The lowest BCUT2D eigenvalue weighted by Crippen LogP contribution is -2.29. The van der Waals surface area contributed by atoms with Gasteiger partial charge in [0.2, 0.25) is 0 Å². The van der Waals surface area contributed by atoms with Crippen molar-refractivity contribution in [2.75, 3.05) is 26.4 Å². The smallest absolute Gasteiger partial charge is 0.264 e. The van der Waals surface area contributed by atoms with E-state index in [0.29, 0.717) is 17.2 Å². The number of H-pyrrole nitrogens is 1. The van der Waals surface area contributed by atoms with Crippen molar-refractivity contribution in [3.8, 4) is 0 Å². The summed E-state index contributed by atoms with van der Waals surface area (Å²) in [6.45, 7) is 11.4. The lowest BCUT2D eigenvalue weighted by molar-refractivity contribution is 0.0867. The normalized spacial score (nSPS) is 11.7. The van der Waals surface area contributed by atoms with Gasteiger partial charge in [0.15, 0.2) is 0 Å². The molecular formula is C26H36N4O2S. The SMILES string of the molecule is Cc1cc(C)c(CN(SCCCN(C)C)C(=O)c2cccc3c2c(C)cn3C(C)C)c(=O)[nH]1. The van der Waals surface area contributed by atoms with Gasteiger partial charge in [-0.2, -0.15) is 0 Å². The molecule has 1 N–H and O–H groups in total. The van der Waals surface area contributed by atoms with Crippen molar-refractivity contribution in [3.05, 3.63) is 68.8 Å². The average molecular weight is 469 g/mol. The Labute approximate surface area is 201 Å². The maximum atomic E-state index is 13.9. The molecule has 0 bridgehead atoms. The molecule has 0 spiro atoms. The number of aryl methyl sites for hydroxylation is 3. The first-order chi connectivity index (χ1) is 15.6. The summed E-state index contributed by atoms with van der Waals surface area (Å²) >= 11 is 1.51. The molecule has 0 aliphatic carbocycles. The van der Waals surface area contributed by atoms with Crippen LogP contribution in [-0.2, 0) is 6.54 Å². The first-order valence-corrected chi connectivity index (χ1v) is 12.4. The fourth-order valence-electron chi connectivity index (χ4n) is 4.21. The molecule has 7 heteroatoms. The summed E-state index contributed by atoms with van der Waals surface area (Å²) in [5, 5.41) is 0.990. The predicted molar refractivity (Wildman–Crippen MR) is 139 cm³/mol. The van der Waals surface area contributed by atoms with E-state index in [1.807, 2.05) is 46.1 Å². The summed E-state index contributed by atoms with van der Waals surface area (Å²) in [6, 6.07) is 8.19. The number of fused-ring (bicyclic) bond motifs is 1. The number of carbonyl (C=O) groups is 1. The quantitative estimate of drug-likeness (QED) is 0.351. The summed E-state index contributed by atoms with van der Waals surface area (Å²) in [7, 11) is 4.09. The second-order valence-corrected chi connectivity index (χ2v) is 10.4. The number of rotatable bonds is 9. The molecule has 2 heterocycles. The molecule has 0 fully saturated rings. The van der Waals surface area contributed by atoms with E-state index < -0.39 is 0 Å². The van der Waals surface area contributed by atoms with Gasteiger partial charge in [0, 0.05) is 40.2 Å². The number of aromatic nitrogens is 2. The Morgan fingerprint density at radius 2 is 1.88 bits per heavy atom. The maximum Gasteiger partial charge on any atom is 0.264 e. The summed E-state index contributed by atoms with van der Waals surface area (Å²) in [5.74, 6) is 0.744. The van der Waals surface area contributed by atoms with Gasteiger partial charge >= 0.3 is 0 Å². The van der Waals surface area contributed by atoms with Gasteiger partial charge in [-0.25, -0.2) is 0 Å². The Hall–Kier alpha value is -2.51. The highest BCUT2D eigenvalue weighted by atomic mass is 32.2. The Morgan fingerprint density at radius 1 is 1.15 bits per heavy atom. The standard InChI is InChI=1S/C26H36N4O2S/c1-17(2)29-15-19(4)24-21(10-8-11-23(24)29)26(32)30(33-13-9-12-28(6)7)16-22-18(3)14-20(5)27-25(22)31/h8,10-11,14-15,17H,9,12-13,16H2,1-7H3,(H,27,31). The van der Waals surface area contributed by atoms with Gasteiger partial charge in [-0.1, -0.05) is 6.07 Å². The van der Waals surface area contributed by atoms with Gasteiger partial charge in [0.05, 0.1) is 12.1 Å². The zero-order valence-corrected chi connectivity index (χ0v) is 21.7. The van der Waals surface area contributed by atoms with Crippen LogP contribution in [0.5, 0.6) is 0 Å². The maximum absolute atomic E-state index is 13.9. The molecule has 0 saturated heterocycles. The van der Waals surface area contributed by atoms with Crippen LogP contribution in [0, 0.1) is 20.8 Å². The van der Waals surface area contributed by atoms with E-state index in [1.165, 1.54) is 11.9 Å². The van der Waals surface area contributed by atoms with Gasteiger partial charge in [-0.15, -0.1) is 0 Å². The second-order valence-electron chi connectivity index (χ2n) is 9.29. The topological polar surface area (TPSA) is 61.3 Å². The third-order valence-corrected chi connectivity index (χ3v) is 6.93. The van der Waals surface area contributed by atoms with Crippen molar-refractivity contribution < 1.29 is 4.79 Å². The molecule has 0 unspecified atom stereocenters. The average Bonchev–Trinajstić information content (AvgIpc) is 3.08. The van der Waals surface area contributed by atoms with Crippen LogP contribution < -0.4 is 5.56 Å². The van der Waals surface area contributed by atoms with Crippen LogP contribution in [0.15, 0.2) is 35.3 Å². The zero-order valence-electron chi connectivity index (χ0n) is 20.9. The van der Waals surface area contributed by atoms with Crippen LogP contribution in [0.25, 0.3) is 10.9 Å². The van der Waals surface area contributed by atoms with Gasteiger partial charge in [-0.05, 0) is 103 Å².